The van der Waals surface area contributed by atoms with Gasteiger partial charge in [0.2, 0.25) is 17.7 Å². The van der Waals surface area contributed by atoms with E-state index in [4.69, 9.17) is 0 Å². The lowest BCUT2D eigenvalue weighted by Crippen LogP contribution is -2.49. The Morgan fingerprint density at radius 3 is 2.31 bits per heavy atom. The maximum atomic E-state index is 11.7. The van der Waals surface area contributed by atoms with Crippen molar-refractivity contribution in [3.05, 3.63) is 0 Å². The maximum Gasteiger partial charge on any atom is 0.246 e. The van der Waals surface area contributed by atoms with Gasteiger partial charge in [-0.1, -0.05) is 0 Å². The van der Waals surface area contributed by atoms with Crippen LogP contribution in [0.5, 0.6) is 0 Å². The van der Waals surface area contributed by atoms with Crippen LogP contribution in [0.3, 0.4) is 0 Å². The standard InChI is InChI=1S/C9H17N3O3S/c1-6(13)11-7(5-16)9(15)12(3)4-8(14)10-2/h7,16H,4-5H2,1-3H3,(H,10,14)(H,11,13). The summed E-state index contributed by atoms with van der Waals surface area (Å²) in [6.45, 7) is 1.28. The van der Waals surface area contributed by atoms with Crippen molar-refractivity contribution < 1.29 is 14.4 Å². The Morgan fingerprint density at radius 1 is 1.38 bits per heavy atom. The molecule has 0 aromatic carbocycles. The summed E-state index contributed by atoms with van der Waals surface area (Å²) in [5, 5.41) is 4.87. The molecule has 16 heavy (non-hydrogen) atoms. The largest absolute Gasteiger partial charge is 0.358 e. The zero-order chi connectivity index (χ0) is 12.7. The monoisotopic (exact) mass is 247 g/mol. The Kier molecular flexibility index (Phi) is 6.55. The first-order valence-electron chi connectivity index (χ1n) is 4.75. The van der Waals surface area contributed by atoms with E-state index in [-0.39, 0.29) is 30.0 Å². The summed E-state index contributed by atoms with van der Waals surface area (Å²) >= 11 is 3.97. The van der Waals surface area contributed by atoms with Gasteiger partial charge in [0.05, 0.1) is 6.54 Å². The van der Waals surface area contributed by atoms with Crippen LogP contribution >= 0.6 is 12.6 Å². The van der Waals surface area contributed by atoms with Crippen LogP contribution in [0.15, 0.2) is 0 Å². The van der Waals surface area contributed by atoms with E-state index in [1.807, 2.05) is 0 Å². The summed E-state index contributed by atoms with van der Waals surface area (Å²) in [7, 11) is 2.99. The van der Waals surface area contributed by atoms with Crippen LogP contribution < -0.4 is 10.6 Å². The smallest absolute Gasteiger partial charge is 0.246 e. The molecule has 0 aliphatic rings. The van der Waals surface area contributed by atoms with Crippen molar-refractivity contribution in [2.45, 2.75) is 13.0 Å². The molecule has 0 saturated heterocycles. The SMILES string of the molecule is CNC(=O)CN(C)C(=O)C(CS)NC(C)=O. The van der Waals surface area contributed by atoms with Gasteiger partial charge in [-0.3, -0.25) is 14.4 Å². The Hall–Kier alpha value is -1.24. The molecule has 1 unspecified atom stereocenters. The summed E-state index contributed by atoms with van der Waals surface area (Å²) in [5.41, 5.74) is 0. The van der Waals surface area contributed by atoms with Crippen LogP contribution in [-0.4, -0.2) is 55.1 Å². The van der Waals surface area contributed by atoms with E-state index in [0.717, 1.165) is 0 Å². The molecular weight excluding hydrogens is 230 g/mol. The number of likely N-dealkylation sites (N-methyl/N-ethyl adjacent to an activating group) is 2. The van der Waals surface area contributed by atoms with Gasteiger partial charge in [0.25, 0.3) is 0 Å². The van der Waals surface area contributed by atoms with E-state index in [9.17, 15) is 14.4 Å². The van der Waals surface area contributed by atoms with Crippen LogP contribution in [0, 0.1) is 0 Å². The fourth-order valence-corrected chi connectivity index (χ4v) is 1.32. The zero-order valence-corrected chi connectivity index (χ0v) is 10.5. The molecule has 7 heteroatoms. The molecule has 2 N–H and O–H groups in total. The predicted molar refractivity (Wildman–Crippen MR) is 63.2 cm³/mol. The third-order valence-electron chi connectivity index (χ3n) is 1.89. The first-order valence-corrected chi connectivity index (χ1v) is 5.39. The van der Waals surface area contributed by atoms with Crippen LogP contribution in [0.1, 0.15) is 6.92 Å². The minimum Gasteiger partial charge on any atom is -0.358 e. The fourth-order valence-electron chi connectivity index (χ4n) is 1.07. The number of thiol groups is 1. The summed E-state index contributed by atoms with van der Waals surface area (Å²) in [6.07, 6.45) is 0. The van der Waals surface area contributed by atoms with E-state index >= 15 is 0 Å². The molecule has 0 aromatic heterocycles. The highest BCUT2D eigenvalue weighted by Gasteiger charge is 2.22. The van der Waals surface area contributed by atoms with Crippen LogP contribution in [0.25, 0.3) is 0 Å². The minimum absolute atomic E-state index is 0.0425. The van der Waals surface area contributed by atoms with Gasteiger partial charge in [0, 0.05) is 26.8 Å². The van der Waals surface area contributed by atoms with Crippen molar-refractivity contribution in [2.75, 3.05) is 26.4 Å². The molecule has 0 bridgehead atoms. The zero-order valence-electron chi connectivity index (χ0n) is 9.61. The second-order valence-corrected chi connectivity index (χ2v) is 3.67. The summed E-state index contributed by atoms with van der Waals surface area (Å²) in [4.78, 5) is 34.9. The van der Waals surface area contributed by atoms with Gasteiger partial charge < -0.3 is 15.5 Å². The molecule has 1 atom stereocenters. The van der Waals surface area contributed by atoms with Gasteiger partial charge in [-0.25, -0.2) is 0 Å². The highest BCUT2D eigenvalue weighted by atomic mass is 32.1. The van der Waals surface area contributed by atoms with Crippen LogP contribution in [0.4, 0.5) is 0 Å². The molecule has 0 radical (unpaired) electrons. The molecule has 3 amide bonds. The lowest BCUT2D eigenvalue weighted by molar-refractivity contribution is -0.137. The van der Waals surface area contributed by atoms with Crippen LogP contribution in [0.2, 0.25) is 0 Å². The van der Waals surface area contributed by atoms with Crippen molar-refractivity contribution in [2.24, 2.45) is 0 Å². The third kappa shape index (κ3) is 5.01. The lowest BCUT2D eigenvalue weighted by atomic mass is 10.3. The van der Waals surface area contributed by atoms with E-state index in [1.165, 1.54) is 25.9 Å². The molecule has 0 aliphatic heterocycles. The summed E-state index contributed by atoms with van der Waals surface area (Å²) < 4.78 is 0. The topological polar surface area (TPSA) is 78.5 Å². The van der Waals surface area contributed by atoms with Gasteiger partial charge in [0.15, 0.2) is 0 Å². The molecule has 0 aromatic rings. The van der Waals surface area contributed by atoms with Crippen LogP contribution in [-0.2, 0) is 14.4 Å². The predicted octanol–water partition coefficient (Wildman–Crippen LogP) is -1.37. The molecule has 0 fully saturated rings. The minimum atomic E-state index is -0.699. The quantitative estimate of drug-likeness (QED) is 0.524. The fraction of sp³-hybridized carbons (Fsp3) is 0.667. The number of rotatable bonds is 5. The average Bonchev–Trinajstić information content (AvgIpc) is 2.24. The van der Waals surface area contributed by atoms with E-state index in [0.29, 0.717) is 0 Å². The van der Waals surface area contributed by atoms with Gasteiger partial charge in [-0.15, -0.1) is 0 Å². The average molecular weight is 247 g/mol. The Balaban J connectivity index is 4.38. The number of carbonyl (C=O) groups excluding carboxylic acids is 3. The first-order chi connectivity index (χ1) is 7.42. The number of nitrogens with zero attached hydrogens (tertiary/aromatic N) is 1. The van der Waals surface area contributed by atoms with Crippen molar-refractivity contribution in [3.63, 3.8) is 0 Å². The molecule has 0 heterocycles. The van der Waals surface area contributed by atoms with Gasteiger partial charge in [-0.05, 0) is 0 Å². The molecule has 92 valence electrons. The number of amides is 3. The van der Waals surface area contributed by atoms with Crippen molar-refractivity contribution in [3.8, 4) is 0 Å². The second kappa shape index (κ2) is 7.10. The summed E-state index contributed by atoms with van der Waals surface area (Å²) in [6, 6.07) is -0.699. The summed E-state index contributed by atoms with van der Waals surface area (Å²) in [5.74, 6) is -0.720. The number of carbonyl (C=O) groups is 3. The third-order valence-corrected chi connectivity index (χ3v) is 2.26. The molecule has 0 spiro atoms. The Labute approximate surface area is 100 Å². The lowest BCUT2D eigenvalue weighted by Gasteiger charge is -2.22. The number of hydrogen-bond acceptors (Lipinski definition) is 4. The molecular formula is C9H17N3O3S. The van der Waals surface area contributed by atoms with E-state index < -0.39 is 6.04 Å². The maximum absolute atomic E-state index is 11.7. The van der Waals surface area contributed by atoms with Gasteiger partial charge >= 0.3 is 0 Å². The Bertz CT molecular complexity index is 283. The van der Waals surface area contributed by atoms with E-state index in [1.54, 1.807) is 0 Å². The first kappa shape index (κ1) is 14.8. The van der Waals surface area contributed by atoms with Crippen molar-refractivity contribution in [1.29, 1.82) is 0 Å². The van der Waals surface area contributed by atoms with Gasteiger partial charge in [-0.2, -0.15) is 12.6 Å². The van der Waals surface area contributed by atoms with E-state index in [2.05, 4.69) is 23.3 Å². The van der Waals surface area contributed by atoms with Gasteiger partial charge in [0.1, 0.15) is 6.04 Å². The normalized spacial score (nSPS) is 11.5. The highest BCUT2D eigenvalue weighted by molar-refractivity contribution is 7.80. The molecule has 0 saturated carbocycles. The highest BCUT2D eigenvalue weighted by Crippen LogP contribution is 1.95. The number of hydrogen-bond donors (Lipinski definition) is 3. The molecule has 0 rings (SSSR count). The number of nitrogens with one attached hydrogen (secondary N) is 2. The Morgan fingerprint density at radius 2 is 1.94 bits per heavy atom. The van der Waals surface area contributed by atoms with Crippen molar-refractivity contribution >= 4 is 30.4 Å². The molecule has 6 nitrogen and oxygen atoms in total. The molecule has 0 aliphatic carbocycles. The van der Waals surface area contributed by atoms with Crippen molar-refractivity contribution in [1.82, 2.24) is 15.5 Å². The second-order valence-electron chi connectivity index (χ2n) is 3.30.